The quantitative estimate of drug-likeness (QED) is 0.338. The Morgan fingerprint density at radius 2 is 1.85 bits per heavy atom. The summed E-state index contributed by atoms with van der Waals surface area (Å²) >= 11 is 1.48. The molecule has 194 valence electrons. The Kier molecular flexibility index (Phi) is 6.84. The third kappa shape index (κ3) is 3.27. The van der Waals surface area contributed by atoms with Gasteiger partial charge in [0.15, 0.2) is 0 Å². The molecule has 4 rings (SSSR count). The zero-order valence-corrected chi connectivity index (χ0v) is 22.7. The average Bonchev–Trinajstić information content (AvgIpc) is 3.18. The molecule has 0 saturated heterocycles. The van der Waals surface area contributed by atoms with Crippen LogP contribution in [-0.2, 0) is 9.53 Å². The summed E-state index contributed by atoms with van der Waals surface area (Å²) in [4.78, 5) is 13.2. The molecule has 5 nitrogen and oxygen atoms in total. The maximum absolute atomic E-state index is 13.2. The molecule has 0 aromatic rings. The maximum atomic E-state index is 13.2. The second-order valence-electron chi connectivity index (χ2n) is 12.4. The second kappa shape index (κ2) is 8.78. The van der Waals surface area contributed by atoms with Crippen molar-refractivity contribution in [1.29, 1.82) is 0 Å². The van der Waals surface area contributed by atoms with Crippen LogP contribution in [-0.4, -0.2) is 56.7 Å². The van der Waals surface area contributed by atoms with Crippen LogP contribution < -0.4 is 0 Å². The lowest BCUT2D eigenvalue weighted by molar-refractivity contribution is -0.168. The van der Waals surface area contributed by atoms with E-state index in [2.05, 4.69) is 27.4 Å². The van der Waals surface area contributed by atoms with Crippen LogP contribution in [0.15, 0.2) is 12.7 Å². The molecule has 0 amide bonds. The molecule has 0 bridgehead atoms. The molecule has 0 aliphatic heterocycles. The van der Waals surface area contributed by atoms with E-state index in [0.717, 1.165) is 25.7 Å². The van der Waals surface area contributed by atoms with E-state index in [-0.39, 0.29) is 57.3 Å². The van der Waals surface area contributed by atoms with Gasteiger partial charge < -0.3 is 20.1 Å². The highest BCUT2D eigenvalue weighted by Gasteiger charge is 2.91. The number of aliphatic hydroxyl groups excluding tert-OH is 3. The van der Waals surface area contributed by atoms with Crippen LogP contribution in [0.4, 0.5) is 0 Å². The van der Waals surface area contributed by atoms with Gasteiger partial charge >= 0.3 is 5.97 Å². The lowest BCUT2D eigenvalue weighted by Crippen LogP contribution is -2.53. The number of hydrogen-bond acceptors (Lipinski definition) is 6. The van der Waals surface area contributed by atoms with Gasteiger partial charge in [-0.15, -0.1) is 18.3 Å². The highest BCUT2D eigenvalue weighted by Crippen LogP contribution is 2.92. The SMILES string of the molecule is C=CC1(C)CC(OC(=O)CSC(CC)C(O)CC)C2(C)C(C)CC34C(O)CCC3(C(C)C1O)C24. The van der Waals surface area contributed by atoms with Crippen LogP contribution in [0.5, 0.6) is 0 Å². The first kappa shape index (κ1) is 26.5. The normalized spacial score (nSPS) is 51.0. The number of esters is 1. The van der Waals surface area contributed by atoms with Crippen molar-refractivity contribution in [2.45, 2.75) is 110 Å². The van der Waals surface area contributed by atoms with E-state index in [1.54, 1.807) is 0 Å². The number of carbonyl (C=O) groups excluding carboxylic acids is 1. The molecule has 2 spiro atoms. The number of thioether (sulfide) groups is 1. The van der Waals surface area contributed by atoms with Crippen LogP contribution in [0.25, 0.3) is 0 Å². The fraction of sp³-hybridized carbons (Fsp3) is 0.893. The number of carbonyl (C=O) groups is 1. The molecule has 12 atom stereocenters. The number of ether oxygens (including phenoxy) is 1. The molecular formula is C28H46O5S. The second-order valence-corrected chi connectivity index (χ2v) is 13.6. The van der Waals surface area contributed by atoms with Crippen LogP contribution in [0, 0.1) is 39.4 Å². The molecule has 0 aromatic heterocycles. The molecule has 34 heavy (non-hydrogen) atoms. The lowest BCUT2D eigenvalue weighted by atomic mass is 9.57. The van der Waals surface area contributed by atoms with Crippen LogP contribution in [0.2, 0.25) is 0 Å². The molecular weight excluding hydrogens is 448 g/mol. The van der Waals surface area contributed by atoms with Gasteiger partial charge in [0, 0.05) is 21.5 Å². The smallest absolute Gasteiger partial charge is 0.316 e. The molecule has 4 saturated carbocycles. The Labute approximate surface area is 210 Å². The van der Waals surface area contributed by atoms with E-state index in [1.807, 2.05) is 26.8 Å². The Bertz CT molecular complexity index is 819. The van der Waals surface area contributed by atoms with Gasteiger partial charge in [0.05, 0.1) is 24.1 Å². The Morgan fingerprint density at radius 1 is 1.18 bits per heavy atom. The summed E-state index contributed by atoms with van der Waals surface area (Å²) < 4.78 is 6.33. The Balaban J connectivity index is 1.65. The van der Waals surface area contributed by atoms with Crippen molar-refractivity contribution in [2.75, 3.05) is 5.75 Å². The van der Waals surface area contributed by atoms with Crippen LogP contribution in [0.1, 0.15) is 80.1 Å². The third-order valence-corrected chi connectivity index (χ3v) is 12.7. The molecule has 0 radical (unpaired) electrons. The van der Waals surface area contributed by atoms with Crippen molar-refractivity contribution in [3.05, 3.63) is 12.7 Å². The van der Waals surface area contributed by atoms with Gasteiger partial charge in [0.2, 0.25) is 0 Å². The van der Waals surface area contributed by atoms with Gasteiger partial charge in [-0.05, 0) is 61.7 Å². The van der Waals surface area contributed by atoms with Crippen molar-refractivity contribution in [3.8, 4) is 0 Å². The Hall–Kier alpha value is -0.560. The summed E-state index contributed by atoms with van der Waals surface area (Å²) in [5.74, 6) is 0.578. The van der Waals surface area contributed by atoms with E-state index in [1.165, 1.54) is 11.8 Å². The molecule has 3 N–H and O–H groups in total. The highest BCUT2D eigenvalue weighted by atomic mass is 32.2. The fourth-order valence-corrected chi connectivity index (χ4v) is 10.3. The first-order valence-corrected chi connectivity index (χ1v) is 14.4. The number of aliphatic hydroxyl groups is 3. The minimum atomic E-state index is -0.600. The molecule has 0 heterocycles. The summed E-state index contributed by atoms with van der Waals surface area (Å²) in [6.45, 7) is 16.8. The fourth-order valence-electron chi connectivity index (χ4n) is 9.24. The molecule has 0 aromatic carbocycles. The zero-order chi connectivity index (χ0) is 25.3. The van der Waals surface area contributed by atoms with Gasteiger partial charge in [-0.1, -0.05) is 47.6 Å². The predicted octanol–water partition coefficient (Wildman–Crippen LogP) is 4.58. The molecule has 4 fully saturated rings. The molecule has 6 heteroatoms. The standard InChI is InChI=1S/C28H46O5S/c1-8-18(29)19(9-2)34-15-22(31)33-21-14-25(6,10-3)23(32)17(5)27-12-11-20(30)28(27)13-16(4)26(21,7)24(27)28/h10,16-21,23-24,29-30,32H,3,8-9,11-15H2,1-2,4-7H3. The third-order valence-electron chi connectivity index (χ3n) is 11.3. The first-order chi connectivity index (χ1) is 15.9. The highest BCUT2D eigenvalue weighted by molar-refractivity contribution is 8.00. The summed E-state index contributed by atoms with van der Waals surface area (Å²) in [7, 11) is 0. The Morgan fingerprint density at radius 3 is 2.44 bits per heavy atom. The monoisotopic (exact) mass is 494 g/mol. The van der Waals surface area contributed by atoms with Gasteiger partial charge in [0.25, 0.3) is 0 Å². The minimum Gasteiger partial charge on any atom is -0.461 e. The van der Waals surface area contributed by atoms with Crippen molar-refractivity contribution < 1.29 is 24.9 Å². The minimum absolute atomic E-state index is 0.0152. The maximum Gasteiger partial charge on any atom is 0.316 e. The largest absolute Gasteiger partial charge is 0.461 e. The van der Waals surface area contributed by atoms with E-state index in [4.69, 9.17) is 4.74 Å². The predicted molar refractivity (Wildman–Crippen MR) is 136 cm³/mol. The van der Waals surface area contributed by atoms with Gasteiger partial charge in [-0.25, -0.2) is 0 Å². The van der Waals surface area contributed by atoms with Crippen LogP contribution >= 0.6 is 11.8 Å². The molecule has 4 aliphatic rings. The van der Waals surface area contributed by atoms with Crippen molar-refractivity contribution in [2.24, 2.45) is 39.4 Å². The topological polar surface area (TPSA) is 87.0 Å². The zero-order valence-electron chi connectivity index (χ0n) is 21.9. The van der Waals surface area contributed by atoms with Crippen molar-refractivity contribution in [3.63, 3.8) is 0 Å². The van der Waals surface area contributed by atoms with E-state index < -0.39 is 17.6 Å². The number of rotatable bonds is 8. The van der Waals surface area contributed by atoms with E-state index in [0.29, 0.717) is 18.8 Å². The van der Waals surface area contributed by atoms with Gasteiger partial charge in [-0.3, -0.25) is 4.79 Å². The van der Waals surface area contributed by atoms with Gasteiger partial charge in [0.1, 0.15) is 6.10 Å². The molecule has 4 aliphatic carbocycles. The van der Waals surface area contributed by atoms with Crippen molar-refractivity contribution >= 4 is 17.7 Å². The average molecular weight is 495 g/mol. The number of hydrogen-bond donors (Lipinski definition) is 3. The van der Waals surface area contributed by atoms with E-state index in [9.17, 15) is 20.1 Å². The first-order valence-electron chi connectivity index (χ1n) is 13.4. The van der Waals surface area contributed by atoms with Crippen LogP contribution in [0.3, 0.4) is 0 Å². The van der Waals surface area contributed by atoms with E-state index >= 15 is 0 Å². The summed E-state index contributed by atoms with van der Waals surface area (Å²) in [5, 5.41) is 33.1. The summed E-state index contributed by atoms with van der Waals surface area (Å²) in [6, 6.07) is 0. The summed E-state index contributed by atoms with van der Waals surface area (Å²) in [6.07, 6.45) is 4.78. The lowest BCUT2D eigenvalue weighted by Gasteiger charge is -2.51. The summed E-state index contributed by atoms with van der Waals surface area (Å²) in [5.41, 5.74) is -1.11. The van der Waals surface area contributed by atoms with Gasteiger partial charge in [-0.2, -0.15) is 0 Å². The van der Waals surface area contributed by atoms with Crippen molar-refractivity contribution in [1.82, 2.24) is 0 Å². The molecule has 12 unspecified atom stereocenters.